The number of alkyl halides is 3. The van der Waals surface area contributed by atoms with E-state index in [9.17, 15) is 13.2 Å². The Morgan fingerprint density at radius 3 is 2.62 bits per heavy atom. The minimum Gasteiger partial charge on any atom is -0.335 e. The van der Waals surface area contributed by atoms with Crippen molar-refractivity contribution in [2.75, 3.05) is 11.9 Å². The number of halogens is 3. The molecular formula is C18H18F3N3. The molecule has 1 aromatic carbocycles. The van der Waals surface area contributed by atoms with Gasteiger partial charge in [-0.15, -0.1) is 0 Å². The molecule has 0 saturated carbocycles. The van der Waals surface area contributed by atoms with Crippen LogP contribution in [-0.4, -0.2) is 18.2 Å². The first kappa shape index (κ1) is 17.7. The lowest BCUT2D eigenvalue weighted by atomic mass is 10.1. The largest absolute Gasteiger partial charge is 0.416 e. The molecule has 1 aromatic heterocycles. The van der Waals surface area contributed by atoms with Crippen LogP contribution in [-0.2, 0) is 6.18 Å². The Balaban J connectivity index is 2.52. The lowest BCUT2D eigenvalue weighted by Crippen LogP contribution is -2.10. The molecule has 0 aliphatic rings. The molecule has 0 unspecified atom stereocenters. The van der Waals surface area contributed by atoms with Crippen LogP contribution in [0, 0.1) is 0 Å². The second kappa shape index (κ2) is 7.29. The van der Waals surface area contributed by atoms with Gasteiger partial charge in [0.2, 0.25) is 0 Å². The fourth-order valence-electron chi connectivity index (χ4n) is 2.09. The van der Waals surface area contributed by atoms with Gasteiger partial charge in [-0.25, -0.2) is 4.98 Å². The fraction of sp³-hybridized carbons (Fsp3) is 0.222. The molecule has 0 radical (unpaired) electrons. The van der Waals surface area contributed by atoms with Crippen molar-refractivity contribution < 1.29 is 13.2 Å². The Labute approximate surface area is 139 Å². The zero-order valence-electron chi connectivity index (χ0n) is 13.5. The Bertz CT molecular complexity index is 751. The van der Waals surface area contributed by atoms with Gasteiger partial charge in [-0.05, 0) is 36.9 Å². The third-order valence-corrected chi connectivity index (χ3v) is 3.36. The number of rotatable bonds is 5. The van der Waals surface area contributed by atoms with Crippen LogP contribution in [0.15, 0.2) is 54.2 Å². The molecule has 0 bridgehead atoms. The molecule has 1 heterocycles. The quantitative estimate of drug-likeness (QED) is 0.680. The van der Waals surface area contributed by atoms with Gasteiger partial charge in [0, 0.05) is 18.8 Å². The van der Waals surface area contributed by atoms with E-state index in [0.29, 0.717) is 22.8 Å². The highest BCUT2D eigenvalue weighted by atomic mass is 19.4. The predicted octanol–water partition coefficient (Wildman–Crippen LogP) is 5.46. The molecule has 0 aliphatic carbocycles. The van der Waals surface area contributed by atoms with Crippen molar-refractivity contribution in [1.82, 2.24) is 4.98 Å². The summed E-state index contributed by atoms with van der Waals surface area (Å²) in [7, 11) is 1.76. The van der Waals surface area contributed by atoms with Gasteiger partial charge in [0.25, 0.3) is 0 Å². The molecule has 0 N–H and O–H groups in total. The van der Waals surface area contributed by atoms with Crippen LogP contribution < -0.4 is 4.90 Å². The van der Waals surface area contributed by atoms with Gasteiger partial charge in [-0.3, -0.25) is 4.99 Å². The summed E-state index contributed by atoms with van der Waals surface area (Å²) in [4.78, 5) is 10.5. The monoisotopic (exact) mass is 333 g/mol. The van der Waals surface area contributed by atoms with Gasteiger partial charge >= 0.3 is 6.18 Å². The van der Waals surface area contributed by atoms with Crippen LogP contribution in [0.25, 0.3) is 11.3 Å². The number of benzene rings is 1. The highest BCUT2D eigenvalue weighted by molar-refractivity contribution is 5.74. The first-order valence-corrected chi connectivity index (χ1v) is 7.43. The number of anilines is 1. The van der Waals surface area contributed by atoms with Crippen molar-refractivity contribution in [2.45, 2.75) is 19.5 Å². The molecule has 0 spiro atoms. The van der Waals surface area contributed by atoms with Crippen LogP contribution in [0.4, 0.5) is 24.7 Å². The van der Waals surface area contributed by atoms with Crippen molar-refractivity contribution >= 4 is 17.7 Å². The maximum Gasteiger partial charge on any atom is 0.416 e. The van der Waals surface area contributed by atoms with E-state index in [0.717, 1.165) is 18.6 Å². The average Bonchev–Trinajstić information content (AvgIpc) is 2.58. The van der Waals surface area contributed by atoms with Crippen LogP contribution >= 0.6 is 0 Å². The minimum atomic E-state index is -4.39. The lowest BCUT2D eigenvalue weighted by Gasteiger charge is -2.16. The van der Waals surface area contributed by atoms with Crippen molar-refractivity contribution in [3.05, 3.63) is 54.7 Å². The summed E-state index contributed by atoms with van der Waals surface area (Å²) in [6, 6.07) is 8.52. The third kappa shape index (κ3) is 4.01. The maximum atomic E-state index is 12.9. The Morgan fingerprint density at radius 1 is 1.25 bits per heavy atom. The van der Waals surface area contributed by atoms with E-state index in [2.05, 4.69) is 16.6 Å². The van der Waals surface area contributed by atoms with Gasteiger partial charge in [-0.2, -0.15) is 13.2 Å². The fourth-order valence-corrected chi connectivity index (χ4v) is 2.09. The number of aliphatic imine (C=N–C) groups is 1. The summed E-state index contributed by atoms with van der Waals surface area (Å²) in [5.41, 5.74) is 0.776. The van der Waals surface area contributed by atoms with E-state index in [-0.39, 0.29) is 0 Å². The highest BCUT2D eigenvalue weighted by Crippen LogP contribution is 2.34. The van der Waals surface area contributed by atoms with E-state index in [1.807, 2.05) is 6.92 Å². The first-order valence-electron chi connectivity index (χ1n) is 7.43. The molecule has 0 aliphatic heterocycles. The zero-order chi connectivity index (χ0) is 17.7. The maximum absolute atomic E-state index is 12.9. The van der Waals surface area contributed by atoms with Crippen molar-refractivity contribution in [2.24, 2.45) is 4.99 Å². The average molecular weight is 333 g/mol. The molecule has 24 heavy (non-hydrogen) atoms. The summed E-state index contributed by atoms with van der Waals surface area (Å²) >= 11 is 0. The van der Waals surface area contributed by atoms with Crippen LogP contribution in [0.3, 0.4) is 0 Å². The number of hydrogen-bond donors (Lipinski definition) is 0. The lowest BCUT2D eigenvalue weighted by molar-refractivity contribution is -0.137. The summed E-state index contributed by atoms with van der Waals surface area (Å²) < 4.78 is 38.7. The van der Waals surface area contributed by atoms with Gasteiger partial charge in [0.1, 0.15) is 5.69 Å². The van der Waals surface area contributed by atoms with Gasteiger partial charge < -0.3 is 4.90 Å². The Morgan fingerprint density at radius 2 is 2.00 bits per heavy atom. The summed E-state index contributed by atoms with van der Waals surface area (Å²) in [5, 5.41) is 0. The minimum absolute atomic E-state index is 0.398. The van der Waals surface area contributed by atoms with E-state index < -0.39 is 11.7 Å². The molecule has 0 amide bonds. The molecule has 0 fully saturated rings. The summed E-state index contributed by atoms with van der Waals surface area (Å²) in [6.45, 7) is 5.66. The normalized spacial score (nSPS) is 11.7. The third-order valence-electron chi connectivity index (χ3n) is 3.36. The molecule has 2 aromatic rings. The van der Waals surface area contributed by atoms with Gasteiger partial charge in [0.05, 0.1) is 11.3 Å². The molecule has 3 nitrogen and oxygen atoms in total. The van der Waals surface area contributed by atoms with Crippen LogP contribution in [0.1, 0.15) is 18.9 Å². The Hall–Kier alpha value is -2.63. The Kier molecular flexibility index (Phi) is 5.39. The van der Waals surface area contributed by atoms with E-state index in [1.54, 1.807) is 42.6 Å². The molecular weight excluding hydrogens is 315 g/mol. The van der Waals surface area contributed by atoms with E-state index in [1.165, 1.54) is 6.07 Å². The number of pyridine rings is 1. The molecule has 0 saturated heterocycles. The highest BCUT2D eigenvalue weighted by Gasteiger charge is 2.30. The predicted molar refractivity (Wildman–Crippen MR) is 91.7 cm³/mol. The standard InChI is InChI=1S/C18H18F3N3/c1-4-11-22-16-10-9-15(23-17(16)24(3)5-2)13-7-6-8-14(12-13)18(19,20)21/h5-12H,2,4H2,1,3H3/b22-11-. The number of aromatic nitrogens is 1. The molecule has 126 valence electrons. The molecule has 0 atom stereocenters. The van der Waals surface area contributed by atoms with E-state index in [4.69, 9.17) is 0 Å². The first-order chi connectivity index (χ1) is 11.4. The second-order valence-corrected chi connectivity index (χ2v) is 5.13. The summed E-state index contributed by atoms with van der Waals surface area (Å²) in [6.07, 6.45) is -0.292. The van der Waals surface area contributed by atoms with Crippen LogP contribution in [0.2, 0.25) is 0 Å². The number of nitrogens with zero attached hydrogens (tertiary/aromatic N) is 3. The van der Waals surface area contributed by atoms with Crippen molar-refractivity contribution in [3.8, 4) is 11.3 Å². The van der Waals surface area contributed by atoms with Crippen LogP contribution in [0.5, 0.6) is 0 Å². The zero-order valence-corrected chi connectivity index (χ0v) is 13.5. The van der Waals surface area contributed by atoms with Gasteiger partial charge in [-0.1, -0.05) is 25.6 Å². The number of hydrogen-bond acceptors (Lipinski definition) is 3. The summed E-state index contributed by atoms with van der Waals surface area (Å²) in [5.74, 6) is 0.532. The van der Waals surface area contributed by atoms with Gasteiger partial charge in [0.15, 0.2) is 5.82 Å². The van der Waals surface area contributed by atoms with E-state index >= 15 is 0 Å². The van der Waals surface area contributed by atoms with Crippen molar-refractivity contribution in [1.29, 1.82) is 0 Å². The topological polar surface area (TPSA) is 28.5 Å². The van der Waals surface area contributed by atoms with Crippen molar-refractivity contribution in [3.63, 3.8) is 0 Å². The molecule has 2 rings (SSSR count). The molecule has 6 heteroatoms. The SMILES string of the molecule is C=CN(C)c1nc(-c2cccc(C(F)(F)F)c2)ccc1/N=C\CC. The smallest absolute Gasteiger partial charge is 0.335 e. The second-order valence-electron chi connectivity index (χ2n) is 5.13.